The Balaban J connectivity index is 2.19. The van der Waals surface area contributed by atoms with Crippen LogP contribution in [0.4, 0.5) is 0 Å². The molecule has 0 saturated carbocycles. The van der Waals surface area contributed by atoms with Gasteiger partial charge in [-0.1, -0.05) is 0 Å². The molecule has 2 aliphatic heterocycles. The number of nitrogens with zero attached hydrogens (tertiary/aromatic N) is 2. The summed E-state index contributed by atoms with van der Waals surface area (Å²) in [6, 6.07) is 0. The molecule has 2 saturated heterocycles. The van der Waals surface area contributed by atoms with E-state index in [2.05, 4.69) is 11.9 Å². The van der Waals surface area contributed by atoms with E-state index in [1.807, 2.05) is 4.81 Å². The van der Waals surface area contributed by atoms with Crippen molar-refractivity contribution in [3.63, 3.8) is 0 Å². The van der Waals surface area contributed by atoms with Crippen molar-refractivity contribution < 1.29 is 0 Å². The molecule has 0 aromatic rings. The van der Waals surface area contributed by atoms with Gasteiger partial charge in [0, 0.05) is 0 Å². The van der Waals surface area contributed by atoms with E-state index < -0.39 is 0 Å². The van der Waals surface area contributed by atoms with E-state index in [1.165, 1.54) is 32.2 Å². The number of likely N-dealkylation sites (tertiary alicyclic amines) is 1. The van der Waals surface area contributed by atoms with Crippen molar-refractivity contribution in [2.45, 2.75) is 31.3 Å². The zero-order valence-electron chi connectivity index (χ0n) is 7.21. The summed E-state index contributed by atoms with van der Waals surface area (Å²) in [5.74, 6) is 0. The Morgan fingerprint density at radius 2 is 1.82 bits per heavy atom. The average molecular weight is 150 g/mol. The predicted octanol–water partition coefficient (Wildman–Crippen LogP) is 0.588. The smallest absolute Gasteiger partial charge is 0.184 e. The van der Waals surface area contributed by atoms with Gasteiger partial charge in [-0.05, 0) is 45.8 Å². The van der Waals surface area contributed by atoms with Crippen LogP contribution in [-0.4, -0.2) is 43.5 Å². The minimum absolute atomic E-state index is 0.250. The Kier molecular flexibility index (Phi) is 1.73. The Hall–Kier alpha value is -0.0151. The highest BCUT2D eigenvalue weighted by molar-refractivity contribution is 6.05. The summed E-state index contributed by atoms with van der Waals surface area (Å²) < 4.78 is 0. The second-order valence-electron chi connectivity index (χ2n) is 3.80. The summed E-state index contributed by atoms with van der Waals surface area (Å²) in [6.07, 6.45) is 5.10. The van der Waals surface area contributed by atoms with Crippen LogP contribution in [0.2, 0.25) is 0 Å². The molecule has 1 atom stereocenters. The first kappa shape index (κ1) is 7.62. The topological polar surface area (TPSA) is 6.48 Å². The lowest BCUT2D eigenvalue weighted by molar-refractivity contribution is 0.0815. The van der Waals surface area contributed by atoms with Crippen LogP contribution in [0.25, 0.3) is 0 Å². The van der Waals surface area contributed by atoms with Gasteiger partial charge in [0.25, 0.3) is 0 Å². The Labute approximate surface area is 70.0 Å². The summed E-state index contributed by atoms with van der Waals surface area (Å²) in [4.78, 5) is 4.46. The molecule has 0 N–H and O–H groups in total. The van der Waals surface area contributed by atoms with Crippen LogP contribution in [0.1, 0.15) is 25.7 Å². The summed E-state index contributed by atoms with van der Waals surface area (Å²) in [5.41, 5.74) is 0.250. The molecule has 2 radical (unpaired) electrons. The monoisotopic (exact) mass is 150 g/mol. The molecule has 1 spiro atoms. The summed E-state index contributed by atoms with van der Waals surface area (Å²) >= 11 is 0. The molecule has 11 heavy (non-hydrogen) atoms. The van der Waals surface area contributed by atoms with Crippen molar-refractivity contribution in [1.82, 2.24) is 9.71 Å². The van der Waals surface area contributed by atoms with E-state index in [-0.39, 0.29) is 5.66 Å². The Morgan fingerprint density at radius 3 is 2.27 bits per heavy atom. The number of hydrogen-bond donors (Lipinski definition) is 0. The highest BCUT2D eigenvalue weighted by Crippen LogP contribution is 2.38. The molecule has 0 aliphatic carbocycles. The molecule has 2 heterocycles. The van der Waals surface area contributed by atoms with E-state index >= 15 is 0 Å². The molecule has 3 heteroatoms. The SMILES string of the molecule is [B]N1CCCC12CCCN2C. The van der Waals surface area contributed by atoms with Crippen molar-refractivity contribution in [1.29, 1.82) is 0 Å². The summed E-state index contributed by atoms with van der Waals surface area (Å²) in [7, 11) is 8.15. The van der Waals surface area contributed by atoms with Crippen LogP contribution >= 0.6 is 0 Å². The van der Waals surface area contributed by atoms with Gasteiger partial charge in [0.15, 0.2) is 7.98 Å². The second kappa shape index (κ2) is 2.49. The van der Waals surface area contributed by atoms with Gasteiger partial charge in [-0.2, -0.15) is 0 Å². The fourth-order valence-corrected chi connectivity index (χ4v) is 2.56. The molecule has 0 bridgehead atoms. The van der Waals surface area contributed by atoms with Gasteiger partial charge in [0.2, 0.25) is 0 Å². The minimum Gasteiger partial charge on any atom is -0.337 e. The highest BCUT2D eigenvalue weighted by Gasteiger charge is 2.43. The van der Waals surface area contributed by atoms with Gasteiger partial charge in [-0.3, -0.25) is 4.90 Å². The molecule has 2 fully saturated rings. The molecular weight excluding hydrogens is 135 g/mol. The second-order valence-corrected chi connectivity index (χ2v) is 3.80. The predicted molar refractivity (Wildman–Crippen MR) is 46.3 cm³/mol. The molecule has 0 aromatic carbocycles. The standard InChI is InChI=1S/C8H15BN2/c1-10-6-2-4-8(10)5-3-7-11(8)9/h2-7H2,1H3. The maximum absolute atomic E-state index is 5.96. The normalized spacial score (nSPS) is 40.8. The molecule has 2 nitrogen and oxygen atoms in total. The van der Waals surface area contributed by atoms with Crippen LogP contribution in [0, 0.1) is 0 Å². The van der Waals surface area contributed by atoms with Crippen molar-refractivity contribution in [2.75, 3.05) is 20.1 Å². The third-order valence-corrected chi connectivity index (χ3v) is 3.29. The first-order chi connectivity index (χ1) is 5.26. The van der Waals surface area contributed by atoms with Crippen LogP contribution < -0.4 is 0 Å². The quantitative estimate of drug-likeness (QED) is 0.466. The lowest BCUT2D eigenvalue weighted by Crippen LogP contribution is -2.50. The minimum atomic E-state index is 0.250. The van der Waals surface area contributed by atoms with Gasteiger partial charge in [-0.15, -0.1) is 0 Å². The van der Waals surface area contributed by atoms with Gasteiger partial charge < -0.3 is 4.81 Å². The average Bonchev–Trinajstić information content (AvgIpc) is 2.48. The van der Waals surface area contributed by atoms with Crippen molar-refractivity contribution >= 4 is 7.98 Å². The van der Waals surface area contributed by atoms with Crippen LogP contribution in [0.5, 0.6) is 0 Å². The third kappa shape index (κ3) is 0.943. The summed E-state index contributed by atoms with van der Waals surface area (Å²) in [6.45, 7) is 2.29. The van der Waals surface area contributed by atoms with Crippen molar-refractivity contribution in [3.8, 4) is 0 Å². The zero-order chi connectivity index (χ0) is 7.90. The third-order valence-electron chi connectivity index (χ3n) is 3.29. The Bertz CT molecular complexity index is 142. The lowest BCUT2D eigenvalue weighted by atomic mass is 10.0. The molecule has 2 aliphatic rings. The lowest BCUT2D eigenvalue weighted by Gasteiger charge is -2.39. The first-order valence-corrected chi connectivity index (χ1v) is 4.49. The molecule has 0 aromatic heterocycles. The fraction of sp³-hybridized carbons (Fsp3) is 1.00. The van der Waals surface area contributed by atoms with E-state index in [1.54, 1.807) is 0 Å². The van der Waals surface area contributed by atoms with Gasteiger partial charge >= 0.3 is 0 Å². The largest absolute Gasteiger partial charge is 0.337 e. The molecular formula is C8H15BN2. The highest BCUT2D eigenvalue weighted by atomic mass is 15.4. The zero-order valence-corrected chi connectivity index (χ0v) is 7.21. The van der Waals surface area contributed by atoms with Gasteiger partial charge in [0.1, 0.15) is 0 Å². The van der Waals surface area contributed by atoms with Crippen LogP contribution in [-0.2, 0) is 0 Å². The number of hydrogen-bond acceptors (Lipinski definition) is 2. The maximum atomic E-state index is 5.96. The summed E-state index contributed by atoms with van der Waals surface area (Å²) in [5, 5.41) is 0. The van der Waals surface area contributed by atoms with E-state index in [9.17, 15) is 0 Å². The molecule has 60 valence electrons. The Morgan fingerprint density at radius 1 is 1.18 bits per heavy atom. The van der Waals surface area contributed by atoms with Crippen LogP contribution in [0.15, 0.2) is 0 Å². The van der Waals surface area contributed by atoms with E-state index in [0.717, 1.165) is 6.54 Å². The molecule has 2 rings (SSSR count). The number of rotatable bonds is 0. The first-order valence-electron chi connectivity index (χ1n) is 4.49. The molecule has 1 unspecified atom stereocenters. The van der Waals surface area contributed by atoms with Gasteiger partial charge in [-0.25, -0.2) is 0 Å². The van der Waals surface area contributed by atoms with E-state index in [0.29, 0.717) is 0 Å². The fourth-order valence-electron chi connectivity index (χ4n) is 2.56. The van der Waals surface area contributed by atoms with Gasteiger partial charge in [0.05, 0.1) is 5.66 Å². The van der Waals surface area contributed by atoms with Crippen LogP contribution in [0.3, 0.4) is 0 Å². The maximum Gasteiger partial charge on any atom is 0.184 e. The molecule has 0 amide bonds. The van der Waals surface area contributed by atoms with E-state index in [4.69, 9.17) is 7.98 Å². The van der Waals surface area contributed by atoms with Crippen molar-refractivity contribution in [3.05, 3.63) is 0 Å². The van der Waals surface area contributed by atoms with Crippen molar-refractivity contribution in [2.24, 2.45) is 0 Å².